The molecule has 2 atom stereocenters. The highest BCUT2D eigenvalue weighted by Crippen LogP contribution is 2.26. The lowest BCUT2D eigenvalue weighted by Crippen LogP contribution is -2.44. The molecule has 0 spiro atoms. The molecule has 21 heavy (non-hydrogen) atoms. The number of hydrogen-bond donors (Lipinski definition) is 2. The molecule has 2 rings (SSSR count). The molecule has 0 aromatic heterocycles. The lowest BCUT2D eigenvalue weighted by Gasteiger charge is -2.35. The maximum Gasteiger partial charge on any atom is 0.335 e. The Kier molecular flexibility index (Phi) is 4.73. The van der Waals surface area contributed by atoms with E-state index < -0.39 is 5.97 Å². The van der Waals surface area contributed by atoms with Crippen LogP contribution in [-0.4, -0.2) is 35.1 Å². The van der Waals surface area contributed by atoms with E-state index in [1.807, 2.05) is 0 Å². The summed E-state index contributed by atoms with van der Waals surface area (Å²) in [4.78, 5) is 24.8. The second-order valence-corrected chi connectivity index (χ2v) is 6.03. The first-order valence-corrected chi connectivity index (χ1v) is 7.35. The minimum Gasteiger partial charge on any atom is -0.478 e. The molecule has 1 aromatic rings. The Balaban J connectivity index is 2.04. The summed E-state index contributed by atoms with van der Waals surface area (Å²) in [5, 5.41) is 11.9. The number of nitrogens with zero attached hydrogens (tertiary/aromatic N) is 1. The van der Waals surface area contributed by atoms with Crippen molar-refractivity contribution in [1.82, 2.24) is 4.90 Å². The number of benzene rings is 1. The molecule has 0 saturated carbocycles. The molecule has 6 heteroatoms. The van der Waals surface area contributed by atoms with Gasteiger partial charge in [0.05, 0.1) is 16.3 Å². The quantitative estimate of drug-likeness (QED) is 0.877. The van der Waals surface area contributed by atoms with E-state index >= 15 is 0 Å². The van der Waals surface area contributed by atoms with Crippen LogP contribution in [0.4, 0.5) is 10.5 Å². The molecule has 114 valence electrons. The maximum atomic E-state index is 12.2. The van der Waals surface area contributed by atoms with Gasteiger partial charge in [-0.1, -0.05) is 25.4 Å². The fraction of sp³-hybridized carbons (Fsp3) is 0.467. The molecule has 0 bridgehead atoms. The van der Waals surface area contributed by atoms with Crippen molar-refractivity contribution in [3.63, 3.8) is 0 Å². The number of anilines is 1. The maximum absolute atomic E-state index is 12.2. The summed E-state index contributed by atoms with van der Waals surface area (Å²) >= 11 is 6.01. The summed E-state index contributed by atoms with van der Waals surface area (Å²) in [5.74, 6) is 0.0375. The van der Waals surface area contributed by atoms with Gasteiger partial charge in [-0.2, -0.15) is 0 Å². The topological polar surface area (TPSA) is 69.6 Å². The van der Waals surface area contributed by atoms with Crippen LogP contribution < -0.4 is 5.32 Å². The first-order valence-electron chi connectivity index (χ1n) is 6.97. The number of hydrogen-bond acceptors (Lipinski definition) is 2. The SMILES string of the molecule is CC1CCN(C(=O)Nc2ccc(C(=O)O)cc2Cl)CC1C. The first-order chi connectivity index (χ1) is 9.88. The van der Waals surface area contributed by atoms with Gasteiger partial charge in [0.1, 0.15) is 0 Å². The van der Waals surface area contributed by atoms with Gasteiger partial charge in [0, 0.05) is 13.1 Å². The van der Waals surface area contributed by atoms with Crippen molar-refractivity contribution in [2.45, 2.75) is 20.3 Å². The molecule has 2 N–H and O–H groups in total. The number of nitrogens with one attached hydrogen (secondary N) is 1. The number of carbonyl (C=O) groups excluding carboxylic acids is 1. The number of likely N-dealkylation sites (tertiary alicyclic amines) is 1. The van der Waals surface area contributed by atoms with Crippen LogP contribution in [0.25, 0.3) is 0 Å². The van der Waals surface area contributed by atoms with Gasteiger partial charge in [-0.15, -0.1) is 0 Å². The summed E-state index contributed by atoms with van der Waals surface area (Å²) < 4.78 is 0. The largest absolute Gasteiger partial charge is 0.478 e. The van der Waals surface area contributed by atoms with Crippen LogP contribution in [0.15, 0.2) is 18.2 Å². The fourth-order valence-electron chi connectivity index (χ4n) is 2.39. The van der Waals surface area contributed by atoms with Gasteiger partial charge in [-0.25, -0.2) is 9.59 Å². The van der Waals surface area contributed by atoms with E-state index in [2.05, 4.69) is 19.2 Å². The second kappa shape index (κ2) is 6.35. The Morgan fingerprint density at radius 3 is 2.62 bits per heavy atom. The van der Waals surface area contributed by atoms with Gasteiger partial charge in [0.15, 0.2) is 0 Å². The lowest BCUT2D eigenvalue weighted by molar-refractivity contribution is 0.0697. The van der Waals surface area contributed by atoms with Crippen LogP contribution in [0.1, 0.15) is 30.6 Å². The molecule has 1 aromatic carbocycles. The van der Waals surface area contributed by atoms with Gasteiger partial charge < -0.3 is 15.3 Å². The molecule has 1 aliphatic heterocycles. The first kappa shape index (κ1) is 15.6. The van der Waals surface area contributed by atoms with Gasteiger partial charge in [0.2, 0.25) is 0 Å². The number of carbonyl (C=O) groups is 2. The Morgan fingerprint density at radius 1 is 1.33 bits per heavy atom. The molecule has 1 saturated heterocycles. The third-order valence-electron chi connectivity index (χ3n) is 4.08. The molecule has 0 aliphatic carbocycles. The van der Waals surface area contributed by atoms with Crippen molar-refractivity contribution < 1.29 is 14.7 Å². The Hall–Kier alpha value is -1.75. The van der Waals surface area contributed by atoms with Gasteiger partial charge in [0.25, 0.3) is 0 Å². The van der Waals surface area contributed by atoms with E-state index in [-0.39, 0.29) is 16.6 Å². The van der Waals surface area contributed by atoms with Gasteiger partial charge >= 0.3 is 12.0 Å². The number of halogens is 1. The van der Waals surface area contributed by atoms with Crippen molar-refractivity contribution in [3.05, 3.63) is 28.8 Å². The van der Waals surface area contributed by atoms with Crippen molar-refractivity contribution in [2.75, 3.05) is 18.4 Å². The molecule has 1 heterocycles. The monoisotopic (exact) mass is 310 g/mol. The molecule has 1 fully saturated rings. The van der Waals surface area contributed by atoms with Crippen molar-refractivity contribution >= 4 is 29.3 Å². The zero-order valence-corrected chi connectivity index (χ0v) is 12.9. The number of amides is 2. The third-order valence-corrected chi connectivity index (χ3v) is 4.39. The number of urea groups is 1. The molecule has 2 unspecified atom stereocenters. The summed E-state index contributed by atoms with van der Waals surface area (Å²) in [6.07, 6.45) is 0.986. The number of rotatable bonds is 2. The van der Waals surface area contributed by atoms with Crippen LogP contribution in [0, 0.1) is 11.8 Å². The van der Waals surface area contributed by atoms with E-state index in [1.54, 1.807) is 4.90 Å². The van der Waals surface area contributed by atoms with Gasteiger partial charge in [-0.3, -0.25) is 0 Å². The molecule has 2 amide bonds. The lowest BCUT2D eigenvalue weighted by atomic mass is 9.89. The highest BCUT2D eigenvalue weighted by molar-refractivity contribution is 6.34. The van der Waals surface area contributed by atoms with Crippen molar-refractivity contribution in [2.24, 2.45) is 11.8 Å². The molecule has 1 aliphatic rings. The van der Waals surface area contributed by atoms with Crippen molar-refractivity contribution in [3.8, 4) is 0 Å². The number of piperidine rings is 1. The second-order valence-electron chi connectivity index (χ2n) is 5.62. The van der Waals surface area contributed by atoms with E-state index in [0.29, 0.717) is 17.5 Å². The highest BCUT2D eigenvalue weighted by atomic mass is 35.5. The predicted octanol–water partition coefficient (Wildman–Crippen LogP) is 3.55. The van der Waals surface area contributed by atoms with Crippen molar-refractivity contribution in [1.29, 1.82) is 0 Å². The summed E-state index contributed by atoms with van der Waals surface area (Å²) in [6.45, 7) is 5.78. The average Bonchev–Trinajstić information content (AvgIpc) is 2.43. The Bertz CT molecular complexity index is 562. The van der Waals surface area contributed by atoms with Crippen LogP contribution in [0.5, 0.6) is 0 Å². The number of carboxylic acid groups (broad SMARTS) is 1. The Morgan fingerprint density at radius 2 is 2.05 bits per heavy atom. The third kappa shape index (κ3) is 3.67. The minimum absolute atomic E-state index is 0.0958. The Labute approximate surface area is 128 Å². The highest BCUT2D eigenvalue weighted by Gasteiger charge is 2.26. The smallest absolute Gasteiger partial charge is 0.335 e. The molecular weight excluding hydrogens is 292 g/mol. The minimum atomic E-state index is -1.05. The fourth-order valence-corrected chi connectivity index (χ4v) is 2.62. The van der Waals surface area contributed by atoms with Crippen LogP contribution in [-0.2, 0) is 0 Å². The molecule has 5 nitrogen and oxygen atoms in total. The van der Waals surface area contributed by atoms with Gasteiger partial charge in [-0.05, 0) is 36.5 Å². The molecule has 0 radical (unpaired) electrons. The van der Waals surface area contributed by atoms with Crippen LogP contribution in [0.3, 0.4) is 0 Å². The summed E-state index contributed by atoms with van der Waals surface area (Å²) in [6, 6.07) is 4.07. The zero-order valence-electron chi connectivity index (χ0n) is 12.1. The molecular formula is C15H19ClN2O3. The summed E-state index contributed by atoms with van der Waals surface area (Å²) in [5.41, 5.74) is 0.524. The zero-order chi connectivity index (χ0) is 15.6. The average molecular weight is 311 g/mol. The van der Waals surface area contributed by atoms with Crippen LogP contribution >= 0.6 is 11.6 Å². The predicted molar refractivity (Wildman–Crippen MR) is 81.9 cm³/mol. The number of aromatic carboxylic acids is 1. The normalized spacial score (nSPS) is 22.0. The standard InChI is InChI=1S/C15H19ClN2O3/c1-9-5-6-18(8-10(9)2)15(21)17-13-4-3-11(14(19)20)7-12(13)16/h3-4,7,9-10H,5-6,8H2,1-2H3,(H,17,21)(H,19,20). The van der Waals surface area contributed by atoms with E-state index in [0.717, 1.165) is 19.5 Å². The summed E-state index contributed by atoms with van der Waals surface area (Å²) in [7, 11) is 0. The number of carboxylic acids is 1. The van der Waals surface area contributed by atoms with E-state index in [4.69, 9.17) is 16.7 Å². The van der Waals surface area contributed by atoms with E-state index in [9.17, 15) is 9.59 Å². The van der Waals surface area contributed by atoms with Crippen LogP contribution in [0.2, 0.25) is 5.02 Å². The van der Waals surface area contributed by atoms with E-state index in [1.165, 1.54) is 18.2 Å².